The Morgan fingerprint density at radius 2 is 1.38 bits per heavy atom. The van der Waals surface area contributed by atoms with Crippen LogP contribution in [0.15, 0.2) is 114 Å². The van der Waals surface area contributed by atoms with Crippen molar-refractivity contribution in [2.24, 2.45) is 11.8 Å². The van der Waals surface area contributed by atoms with Gasteiger partial charge in [0.05, 0.1) is 17.9 Å². The number of allylic oxidation sites excluding steroid dienone is 7. The van der Waals surface area contributed by atoms with Gasteiger partial charge in [0.15, 0.2) is 0 Å². The van der Waals surface area contributed by atoms with E-state index in [0.29, 0.717) is 11.3 Å². The average Bonchev–Trinajstić information content (AvgIpc) is 2.98. The van der Waals surface area contributed by atoms with Gasteiger partial charge in [0.2, 0.25) is 0 Å². The molecule has 0 aromatic heterocycles. The predicted octanol–water partition coefficient (Wildman–Crippen LogP) is 9.04. The van der Waals surface area contributed by atoms with Crippen molar-refractivity contribution in [3.8, 4) is 6.07 Å². The van der Waals surface area contributed by atoms with E-state index in [2.05, 4.69) is 6.07 Å². The highest BCUT2D eigenvalue weighted by Crippen LogP contribution is 2.48. The van der Waals surface area contributed by atoms with Gasteiger partial charge in [0.1, 0.15) is 5.76 Å². The molecule has 0 spiro atoms. The molecule has 0 heterocycles. The number of carbonyl (C=O) groups excluding carboxylic acids is 1. The van der Waals surface area contributed by atoms with Crippen LogP contribution in [0.25, 0.3) is 0 Å². The van der Waals surface area contributed by atoms with Crippen molar-refractivity contribution in [3.05, 3.63) is 119 Å². The molecule has 0 radical (unpaired) electrons. The van der Waals surface area contributed by atoms with E-state index < -0.39 is 29.7 Å². The number of carboxylic acid groups (broad SMARTS) is 1. The quantitative estimate of drug-likeness (QED) is 0.163. The molecule has 5 heteroatoms. The predicted molar refractivity (Wildman–Crippen MR) is 164 cm³/mol. The van der Waals surface area contributed by atoms with Gasteiger partial charge in [-0.05, 0) is 63.0 Å². The van der Waals surface area contributed by atoms with Crippen LogP contribution in [-0.2, 0) is 14.3 Å². The van der Waals surface area contributed by atoms with Crippen LogP contribution in [-0.4, -0.2) is 17.0 Å². The number of aliphatic carboxylic acids is 1. The third-order valence-corrected chi connectivity index (χ3v) is 6.10. The summed E-state index contributed by atoms with van der Waals surface area (Å²) in [4.78, 5) is 24.5. The fraction of sp³-hybridized carbons (Fsp3) is 0.343. The molecule has 0 aliphatic heterocycles. The van der Waals surface area contributed by atoms with Crippen molar-refractivity contribution in [1.29, 1.82) is 5.26 Å². The molecule has 3 rings (SSSR count). The van der Waals surface area contributed by atoms with Crippen molar-refractivity contribution >= 4 is 11.9 Å². The maximum atomic E-state index is 12.9. The summed E-state index contributed by atoms with van der Waals surface area (Å²) in [6.07, 6.45) is 7.28. The summed E-state index contributed by atoms with van der Waals surface area (Å²) >= 11 is 0. The summed E-state index contributed by atoms with van der Waals surface area (Å²) in [6, 6.07) is 23.3. The van der Waals surface area contributed by atoms with Gasteiger partial charge in [-0.25, -0.2) is 0 Å². The summed E-state index contributed by atoms with van der Waals surface area (Å²) in [7, 11) is 0. The Morgan fingerprint density at radius 1 is 0.875 bits per heavy atom. The second-order valence-corrected chi connectivity index (χ2v) is 8.60. The first-order valence-electron chi connectivity index (χ1n) is 13.9. The van der Waals surface area contributed by atoms with Crippen LogP contribution in [0, 0.1) is 23.2 Å². The molecular formula is C35H45NO4. The molecule has 3 atom stereocenters. The van der Waals surface area contributed by atoms with Crippen LogP contribution in [0.5, 0.6) is 0 Å². The topological polar surface area (TPSA) is 87.4 Å². The molecule has 1 saturated carbocycles. The van der Waals surface area contributed by atoms with Crippen LogP contribution in [0.4, 0.5) is 0 Å². The molecule has 1 aliphatic rings. The lowest BCUT2D eigenvalue weighted by Crippen LogP contribution is -2.44. The van der Waals surface area contributed by atoms with Crippen LogP contribution < -0.4 is 0 Å². The number of benzene rings is 2. The minimum absolute atomic E-state index is 0.259. The molecule has 214 valence electrons. The van der Waals surface area contributed by atoms with Gasteiger partial charge in [0.25, 0.3) is 0 Å². The Labute approximate surface area is 241 Å². The minimum Gasteiger partial charge on any atom is -0.481 e. The standard InChI is InChI=1S/C25H27NO4.C6H6.2C2H6/c1-5-9-22(18(4)17(3)13-12-16(2)15-26)30-25(29)21-14-20(24(27)28)23(21)19-10-7-6-8-11-19;1-2-4-6-5-3-1;2*1-2/h5-13,20-21,23H,14H2,1-4H3,(H,27,28);1-6H;2*1-2H3/b9-5-,16-12+,17-13+,22-18-;;;. The molecule has 40 heavy (non-hydrogen) atoms. The molecule has 5 nitrogen and oxygen atoms in total. The monoisotopic (exact) mass is 543 g/mol. The third kappa shape index (κ3) is 11.7. The van der Waals surface area contributed by atoms with Crippen LogP contribution in [0.2, 0.25) is 0 Å². The van der Waals surface area contributed by atoms with Crippen LogP contribution >= 0.6 is 0 Å². The summed E-state index contributed by atoms with van der Waals surface area (Å²) < 4.78 is 5.73. The zero-order valence-electron chi connectivity index (χ0n) is 25.2. The highest BCUT2D eigenvalue weighted by molar-refractivity contribution is 5.82. The lowest BCUT2D eigenvalue weighted by Gasteiger charge is -2.41. The van der Waals surface area contributed by atoms with E-state index in [9.17, 15) is 14.7 Å². The number of hydrogen-bond donors (Lipinski definition) is 1. The summed E-state index contributed by atoms with van der Waals surface area (Å²) in [5.74, 6) is -2.41. The number of hydrogen-bond acceptors (Lipinski definition) is 4. The van der Waals surface area contributed by atoms with E-state index in [1.165, 1.54) is 0 Å². The van der Waals surface area contributed by atoms with Gasteiger partial charge in [-0.1, -0.05) is 107 Å². The zero-order valence-corrected chi connectivity index (χ0v) is 25.2. The van der Waals surface area contributed by atoms with Crippen LogP contribution in [0.3, 0.4) is 0 Å². The lowest BCUT2D eigenvalue weighted by atomic mass is 9.62. The van der Waals surface area contributed by atoms with E-state index in [0.717, 1.165) is 16.7 Å². The van der Waals surface area contributed by atoms with E-state index in [4.69, 9.17) is 10.00 Å². The zero-order chi connectivity index (χ0) is 30.5. The number of esters is 1. The molecular weight excluding hydrogens is 498 g/mol. The Bertz CT molecular complexity index is 1160. The van der Waals surface area contributed by atoms with Gasteiger partial charge >= 0.3 is 11.9 Å². The van der Waals surface area contributed by atoms with Crippen molar-refractivity contribution in [2.75, 3.05) is 0 Å². The Hall–Kier alpha value is -4.17. The van der Waals surface area contributed by atoms with E-state index in [1.807, 2.05) is 121 Å². The van der Waals surface area contributed by atoms with Gasteiger partial charge in [-0.15, -0.1) is 0 Å². The Balaban J connectivity index is 0.00000130. The number of ether oxygens (including phenoxy) is 1. The Morgan fingerprint density at radius 3 is 1.82 bits per heavy atom. The number of rotatable bonds is 7. The molecule has 1 N–H and O–H groups in total. The highest BCUT2D eigenvalue weighted by atomic mass is 16.5. The lowest BCUT2D eigenvalue weighted by molar-refractivity contribution is -0.158. The molecule has 0 saturated heterocycles. The summed E-state index contributed by atoms with van der Waals surface area (Å²) in [6.45, 7) is 15.3. The minimum atomic E-state index is -0.897. The molecule has 2 aromatic carbocycles. The number of nitrogens with zero attached hydrogens (tertiary/aromatic N) is 1. The van der Waals surface area contributed by atoms with Crippen LogP contribution in [0.1, 0.15) is 73.3 Å². The van der Waals surface area contributed by atoms with Crippen molar-refractivity contribution in [1.82, 2.24) is 0 Å². The second-order valence-electron chi connectivity index (χ2n) is 8.60. The van der Waals surface area contributed by atoms with Crippen molar-refractivity contribution < 1.29 is 19.4 Å². The number of nitriles is 1. The fourth-order valence-electron chi connectivity index (χ4n) is 3.85. The SMILES string of the molecule is CC.CC.C\C=C/C(OC(=O)C1CC(C(=O)O)C1c1ccccc1)=C(C)/C(C)=C/C=C(\C)C#N.c1ccccc1. The molecule has 0 amide bonds. The first kappa shape index (κ1) is 35.8. The maximum absolute atomic E-state index is 12.9. The first-order valence-corrected chi connectivity index (χ1v) is 13.9. The summed E-state index contributed by atoms with van der Waals surface area (Å²) in [5, 5.41) is 18.4. The third-order valence-electron chi connectivity index (χ3n) is 6.10. The first-order chi connectivity index (χ1) is 19.3. The van der Waals surface area contributed by atoms with E-state index >= 15 is 0 Å². The van der Waals surface area contributed by atoms with Gasteiger partial charge in [0, 0.05) is 11.5 Å². The second kappa shape index (κ2) is 20.7. The highest BCUT2D eigenvalue weighted by Gasteiger charge is 2.50. The summed E-state index contributed by atoms with van der Waals surface area (Å²) in [5.41, 5.74) is 3.04. The van der Waals surface area contributed by atoms with E-state index in [-0.39, 0.29) is 6.42 Å². The molecule has 1 fully saturated rings. The average molecular weight is 544 g/mol. The molecule has 2 aromatic rings. The smallest absolute Gasteiger partial charge is 0.315 e. The van der Waals surface area contributed by atoms with Gasteiger partial charge in [-0.3, -0.25) is 9.59 Å². The number of carboxylic acids is 1. The largest absolute Gasteiger partial charge is 0.481 e. The fourth-order valence-corrected chi connectivity index (χ4v) is 3.85. The molecule has 0 bridgehead atoms. The van der Waals surface area contributed by atoms with Gasteiger partial charge in [-0.2, -0.15) is 5.26 Å². The normalized spacial score (nSPS) is 18.5. The Kier molecular flexibility index (Phi) is 18.6. The van der Waals surface area contributed by atoms with Crippen molar-refractivity contribution in [3.63, 3.8) is 0 Å². The maximum Gasteiger partial charge on any atom is 0.315 e. The number of carbonyl (C=O) groups is 2. The molecule has 3 unspecified atom stereocenters. The van der Waals surface area contributed by atoms with Crippen molar-refractivity contribution in [2.45, 2.75) is 67.7 Å². The van der Waals surface area contributed by atoms with E-state index in [1.54, 1.807) is 25.2 Å². The van der Waals surface area contributed by atoms with Gasteiger partial charge < -0.3 is 9.84 Å². The molecule has 1 aliphatic carbocycles.